The quantitative estimate of drug-likeness (QED) is 0.491. The highest BCUT2D eigenvalue weighted by Crippen LogP contribution is 2.27. The predicted octanol–water partition coefficient (Wildman–Crippen LogP) is 2.71. The highest BCUT2D eigenvalue weighted by Gasteiger charge is 2.21. The number of hydrogen-bond donors (Lipinski definition) is 0. The van der Waals surface area contributed by atoms with E-state index in [1.54, 1.807) is 12.4 Å². The number of nitrogens with zero attached hydrogens (tertiary/aromatic N) is 7. The van der Waals surface area contributed by atoms with E-state index in [9.17, 15) is 0 Å². The van der Waals surface area contributed by atoms with Crippen molar-refractivity contribution in [3.63, 3.8) is 0 Å². The van der Waals surface area contributed by atoms with Gasteiger partial charge in [-0.1, -0.05) is 0 Å². The molecule has 6 heterocycles. The van der Waals surface area contributed by atoms with Gasteiger partial charge in [-0.25, -0.2) is 9.67 Å². The summed E-state index contributed by atoms with van der Waals surface area (Å²) in [7, 11) is 0. The van der Waals surface area contributed by atoms with Crippen LogP contribution < -0.4 is 4.90 Å². The summed E-state index contributed by atoms with van der Waals surface area (Å²) in [4.78, 5) is 11.3. The Bertz CT molecular complexity index is 1210. The summed E-state index contributed by atoms with van der Waals surface area (Å²) in [6.45, 7) is 4.61. The van der Waals surface area contributed by atoms with Gasteiger partial charge in [0.05, 0.1) is 31.2 Å². The standard InChI is InChI=1S/C23H25N7O2/c1-2-18(16-32-11-1)19-5-8-29(26-19)21-15-23(28-9-12-31-13-10-28)30-22(25-21)14-20(27-30)17-3-6-24-7-4-17/h3-8,14-15,18H,1-2,9-13,16H2. The lowest BCUT2D eigenvalue weighted by Crippen LogP contribution is -2.37. The Labute approximate surface area is 185 Å². The SMILES string of the molecule is c1cc(-c2cc3nc(-n4ccc(C5CCCOC5)n4)cc(N4CCOCC4)n3n2)ccn1. The average molecular weight is 432 g/mol. The fourth-order valence-electron chi connectivity index (χ4n) is 4.40. The summed E-state index contributed by atoms with van der Waals surface area (Å²) in [6.07, 6.45) is 7.74. The van der Waals surface area contributed by atoms with Crippen LogP contribution in [0, 0.1) is 0 Å². The van der Waals surface area contributed by atoms with Crippen LogP contribution in [0.1, 0.15) is 24.5 Å². The summed E-state index contributed by atoms with van der Waals surface area (Å²) in [6, 6.07) is 10.1. The average Bonchev–Trinajstić information content (AvgIpc) is 3.53. The van der Waals surface area contributed by atoms with Crippen LogP contribution in [0.4, 0.5) is 5.82 Å². The molecular formula is C23H25N7O2. The molecular weight excluding hydrogens is 406 g/mol. The van der Waals surface area contributed by atoms with Crippen LogP contribution in [0.3, 0.4) is 0 Å². The molecule has 32 heavy (non-hydrogen) atoms. The van der Waals surface area contributed by atoms with Crippen LogP contribution in [0.5, 0.6) is 0 Å². The summed E-state index contributed by atoms with van der Waals surface area (Å²) in [5.41, 5.74) is 3.73. The molecule has 6 rings (SSSR count). The van der Waals surface area contributed by atoms with Gasteiger partial charge in [-0.3, -0.25) is 4.98 Å². The summed E-state index contributed by atoms with van der Waals surface area (Å²) < 4.78 is 15.0. The third-order valence-electron chi connectivity index (χ3n) is 6.13. The summed E-state index contributed by atoms with van der Waals surface area (Å²) in [5, 5.41) is 9.72. The van der Waals surface area contributed by atoms with Crippen LogP contribution in [0.15, 0.2) is 48.9 Å². The maximum Gasteiger partial charge on any atom is 0.160 e. The molecule has 9 nitrogen and oxygen atoms in total. The smallest absolute Gasteiger partial charge is 0.160 e. The van der Waals surface area contributed by atoms with Crippen molar-refractivity contribution in [2.24, 2.45) is 0 Å². The van der Waals surface area contributed by atoms with Gasteiger partial charge in [0.2, 0.25) is 0 Å². The number of ether oxygens (including phenoxy) is 2. The van der Waals surface area contributed by atoms with Crippen molar-refractivity contribution in [1.82, 2.24) is 29.4 Å². The van der Waals surface area contributed by atoms with E-state index in [0.717, 1.165) is 73.4 Å². The number of fused-ring (bicyclic) bond motifs is 1. The van der Waals surface area contributed by atoms with E-state index >= 15 is 0 Å². The number of hydrogen-bond acceptors (Lipinski definition) is 7. The van der Waals surface area contributed by atoms with Crippen LogP contribution in [-0.4, -0.2) is 68.9 Å². The number of rotatable bonds is 4. The molecule has 2 saturated heterocycles. The van der Waals surface area contributed by atoms with Gasteiger partial charge in [0.1, 0.15) is 5.82 Å². The van der Waals surface area contributed by atoms with Crippen molar-refractivity contribution in [3.8, 4) is 17.1 Å². The minimum Gasteiger partial charge on any atom is -0.381 e. The lowest BCUT2D eigenvalue weighted by Gasteiger charge is -2.29. The summed E-state index contributed by atoms with van der Waals surface area (Å²) in [5.74, 6) is 2.12. The van der Waals surface area contributed by atoms with E-state index in [0.29, 0.717) is 19.1 Å². The highest BCUT2D eigenvalue weighted by molar-refractivity contribution is 5.66. The second kappa shape index (κ2) is 8.33. The first kappa shape index (κ1) is 19.4. The zero-order valence-electron chi connectivity index (χ0n) is 17.8. The van der Waals surface area contributed by atoms with E-state index in [1.165, 1.54) is 0 Å². The Balaban J connectivity index is 1.43. The molecule has 2 aliphatic heterocycles. The van der Waals surface area contributed by atoms with Gasteiger partial charge in [-0.2, -0.15) is 14.7 Å². The molecule has 0 saturated carbocycles. The molecule has 0 aromatic carbocycles. The lowest BCUT2D eigenvalue weighted by molar-refractivity contribution is 0.0792. The fourth-order valence-corrected chi connectivity index (χ4v) is 4.40. The first-order valence-corrected chi connectivity index (χ1v) is 11.1. The van der Waals surface area contributed by atoms with Gasteiger partial charge in [-0.15, -0.1) is 0 Å². The lowest BCUT2D eigenvalue weighted by atomic mass is 9.99. The van der Waals surface area contributed by atoms with E-state index < -0.39 is 0 Å². The van der Waals surface area contributed by atoms with Crippen molar-refractivity contribution in [1.29, 1.82) is 0 Å². The third-order valence-corrected chi connectivity index (χ3v) is 6.13. The maximum atomic E-state index is 5.65. The van der Waals surface area contributed by atoms with Crippen LogP contribution in [-0.2, 0) is 9.47 Å². The third kappa shape index (κ3) is 3.63. The van der Waals surface area contributed by atoms with Gasteiger partial charge in [0.15, 0.2) is 11.5 Å². The van der Waals surface area contributed by atoms with Gasteiger partial charge < -0.3 is 14.4 Å². The summed E-state index contributed by atoms with van der Waals surface area (Å²) >= 11 is 0. The molecule has 4 aromatic heterocycles. The first-order chi connectivity index (χ1) is 15.8. The number of anilines is 1. The fraction of sp³-hybridized carbons (Fsp3) is 0.391. The molecule has 0 aliphatic carbocycles. The number of aromatic nitrogens is 6. The molecule has 2 fully saturated rings. The molecule has 0 amide bonds. The predicted molar refractivity (Wildman–Crippen MR) is 119 cm³/mol. The molecule has 164 valence electrons. The second-order valence-corrected chi connectivity index (χ2v) is 8.21. The Morgan fingerprint density at radius 3 is 2.62 bits per heavy atom. The molecule has 1 unspecified atom stereocenters. The Morgan fingerprint density at radius 2 is 1.81 bits per heavy atom. The van der Waals surface area contributed by atoms with Gasteiger partial charge in [-0.05, 0) is 31.0 Å². The molecule has 2 aliphatic rings. The molecule has 0 radical (unpaired) electrons. The van der Waals surface area contributed by atoms with Crippen LogP contribution >= 0.6 is 0 Å². The minimum atomic E-state index is 0.348. The highest BCUT2D eigenvalue weighted by atomic mass is 16.5. The minimum absolute atomic E-state index is 0.348. The monoisotopic (exact) mass is 431 g/mol. The van der Waals surface area contributed by atoms with Gasteiger partial charge in [0.25, 0.3) is 0 Å². The number of morpholine rings is 1. The zero-order valence-corrected chi connectivity index (χ0v) is 17.8. The van der Waals surface area contributed by atoms with E-state index in [-0.39, 0.29) is 0 Å². The van der Waals surface area contributed by atoms with E-state index in [1.807, 2.05) is 33.6 Å². The van der Waals surface area contributed by atoms with Crippen molar-refractivity contribution in [3.05, 3.63) is 54.6 Å². The molecule has 4 aromatic rings. The maximum absolute atomic E-state index is 5.65. The van der Waals surface area contributed by atoms with Crippen molar-refractivity contribution < 1.29 is 9.47 Å². The van der Waals surface area contributed by atoms with E-state index in [2.05, 4.69) is 22.0 Å². The second-order valence-electron chi connectivity index (χ2n) is 8.21. The van der Waals surface area contributed by atoms with Crippen molar-refractivity contribution in [2.45, 2.75) is 18.8 Å². The first-order valence-electron chi connectivity index (χ1n) is 11.1. The van der Waals surface area contributed by atoms with Gasteiger partial charge >= 0.3 is 0 Å². The normalized spacial score (nSPS) is 19.5. The Kier molecular flexibility index (Phi) is 5.05. The topological polar surface area (TPSA) is 82.6 Å². The molecule has 9 heteroatoms. The Morgan fingerprint density at radius 1 is 0.938 bits per heavy atom. The molecule has 0 spiro atoms. The van der Waals surface area contributed by atoms with Crippen LogP contribution in [0.2, 0.25) is 0 Å². The van der Waals surface area contributed by atoms with Crippen molar-refractivity contribution in [2.75, 3.05) is 44.4 Å². The number of pyridine rings is 1. The zero-order chi connectivity index (χ0) is 21.3. The van der Waals surface area contributed by atoms with Gasteiger partial charge in [0, 0.05) is 61.9 Å². The largest absolute Gasteiger partial charge is 0.381 e. The molecule has 0 bridgehead atoms. The van der Waals surface area contributed by atoms with E-state index in [4.69, 9.17) is 24.7 Å². The van der Waals surface area contributed by atoms with Crippen molar-refractivity contribution >= 4 is 11.5 Å². The molecule has 0 N–H and O–H groups in total. The Hall–Kier alpha value is -3.30. The molecule has 1 atom stereocenters. The van der Waals surface area contributed by atoms with Crippen LogP contribution in [0.25, 0.3) is 22.7 Å².